The smallest absolute Gasteiger partial charge is 0.271 e. The fourth-order valence-corrected chi connectivity index (χ4v) is 2.74. The number of nitrogens with zero attached hydrogens (tertiary/aromatic N) is 2. The molecule has 110 valence electrons. The number of likely N-dealkylation sites (tertiary alicyclic amines) is 1. The lowest BCUT2D eigenvalue weighted by molar-refractivity contribution is 0.0940. The summed E-state index contributed by atoms with van der Waals surface area (Å²) in [7, 11) is 0. The number of aromatic nitrogens is 1. The maximum absolute atomic E-state index is 12.0. The van der Waals surface area contributed by atoms with Crippen LogP contribution in [0.5, 0.6) is 0 Å². The summed E-state index contributed by atoms with van der Waals surface area (Å²) in [6.07, 6.45) is 2.56. The van der Waals surface area contributed by atoms with E-state index in [4.69, 9.17) is 23.2 Å². The molecule has 0 aliphatic carbocycles. The van der Waals surface area contributed by atoms with Gasteiger partial charge in [-0.3, -0.25) is 4.79 Å². The van der Waals surface area contributed by atoms with Crippen LogP contribution in [0.2, 0.25) is 10.2 Å². The lowest BCUT2D eigenvalue weighted by Gasteiger charge is -2.20. The van der Waals surface area contributed by atoms with Gasteiger partial charge in [-0.15, -0.1) is 0 Å². The molecule has 1 aliphatic rings. The highest BCUT2D eigenvalue weighted by molar-refractivity contribution is 6.34. The molecule has 1 amide bonds. The summed E-state index contributed by atoms with van der Waals surface area (Å²) in [6, 6.07) is 3.15. The summed E-state index contributed by atoms with van der Waals surface area (Å²) in [6.45, 7) is 6.09. The molecule has 0 saturated carbocycles. The number of halogens is 2. The second kappa shape index (κ2) is 7.25. The van der Waals surface area contributed by atoms with E-state index in [0.717, 1.165) is 6.54 Å². The number of hydrogen-bond acceptors (Lipinski definition) is 3. The number of carbonyl (C=O) groups excluding carboxylic acids is 1. The topological polar surface area (TPSA) is 45.2 Å². The van der Waals surface area contributed by atoms with E-state index in [1.807, 2.05) is 0 Å². The van der Waals surface area contributed by atoms with Crippen molar-refractivity contribution in [1.82, 2.24) is 15.2 Å². The minimum atomic E-state index is -0.272. The molecule has 4 nitrogen and oxygen atoms in total. The molecule has 0 bridgehead atoms. The molecule has 1 aromatic rings. The summed E-state index contributed by atoms with van der Waals surface area (Å²) in [4.78, 5) is 18.4. The molecule has 1 fully saturated rings. The lowest BCUT2D eigenvalue weighted by atomic mass is 10.1. The van der Waals surface area contributed by atoms with Crippen LogP contribution in [0, 0.1) is 5.92 Å². The zero-order valence-corrected chi connectivity index (χ0v) is 13.0. The average Bonchev–Trinajstić information content (AvgIpc) is 2.91. The molecule has 0 radical (unpaired) electrons. The molecular weight excluding hydrogens is 297 g/mol. The van der Waals surface area contributed by atoms with Crippen molar-refractivity contribution in [1.29, 1.82) is 0 Å². The van der Waals surface area contributed by atoms with Gasteiger partial charge in [-0.05, 0) is 44.0 Å². The van der Waals surface area contributed by atoms with Gasteiger partial charge in [0.2, 0.25) is 0 Å². The highest BCUT2D eigenvalue weighted by atomic mass is 35.5. The van der Waals surface area contributed by atoms with Gasteiger partial charge in [0.15, 0.2) is 0 Å². The normalized spacial score (nSPS) is 17.1. The molecule has 0 aromatic carbocycles. The van der Waals surface area contributed by atoms with Gasteiger partial charge in [-0.25, -0.2) is 4.98 Å². The predicted octanol–water partition coefficient (Wildman–Crippen LogP) is 2.85. The Hall–Kier alpha value is -0.840. The van der Waals surface area contributed by atoms with Crippen molar-refractivity contribution >= 4 is 29.1 Å². The number of nitrogens with one attached hydrogen (secondary N) is 1. The largest absolute Gasteiger partial charge is 0.350 e. The van der Waals surface area contributed by atoms with E-state index in [0.29, 0.717) is 17.5 Å². The van der Waals surface area contributed by atoms with Crippen molar-refractivity contribution in [3.05, 3.63) is 28.0 Å². The van der Waals surface area contributed by atoms with Crippen molar-refractivity contribution in [2.45, 2.75) is 19.8 Å². The van der Waals surface area contributed by atoms with E-state index < -0.39 is 0 Å². The van der Waals surface area contributed by atoms with Crippen LogP contribution in [-0.4, -0.2) is 42.0 Å². The van der Waals surface area contributed by atoms with Crippen molar-refractivity contribution < 1.29 is 4.79 Å². The Morgan fingerprint density at radius 3 is 2.80 bits per heavy atom. The molecule has 6 heteroatoms. The van der Waals surface area contributed by atoms with E-state index in [2.05, 4.69) is 22.1 Å². The highest BCUT2D eigenvalue weighted by Gasteiger charge is 2.17. The Morgan fingerprint density at radius 2 is 2.10 bits per heavy atom. The molecule has 1 atom stereocenters. The fourth-order valence-electron chi connectivity index (χ4n) is 2.40. The molecule has 2 rings (SSSR count). The minimum absolute atomic E-state index is 0.188. The van der Waals surface area contributed by atoms with Crippen molar-refractivity contribution in [2.75, 3.05) is 26.2 Å². The fraction of sp³-hybridized carbons (Fsp3) is 0.571. The first kappa shape index (κ1) is 15.5. The van der Waals surface area contributed by atoms with Crippen LogP contribution in [0.25, 0.3) is 0 Å². The van der Waals surface area contributed by atoms with Gasteiger partial charge in [0.1, 0.15) is 10.8 Å². The standard InChI is InChI=1S/C14H19Cl2N3O/c1-10(9-19-6-2-3-7-19)8-17-14(20)13-11(15)4-5-12(16)18-13/h4-5,10H,2-3,6-9H2,1H3,(H,17,20). The maximum atomic E-state index is 12.0. The van der Waals surface area contributed by atoms with Gasteiger partial charge >= 0.3 is 0 Å². The number of amides is 1. The van der Waals surface area contributed by atoms with Crippen LogP contribution >= 0.6 is 23.2 Å². The highest BCUT2D eigenvalue weighted by Crippen LogP contribution is 2.16. The Labute approximate surface area is 129 Å². The van der Waals surface area contributed by atoms with Gasteiger partial charge < -0.3 is 10.2 Å². The molecule has 20 heavy (non-hydrogen) atoms. The van der Waals surface area contributed by atoms with E-state index >= 15 is 0 Å². The van der Waals surface area contributed by atoms with Crippen LogP contribution in [0.1, 0.15) is 30.3 Å². The zero-order valence-electron chi connectivity index (χ0n) is 11.5. The number of carbonyl (C=O) groups is 1. The molecule has 1 aliphatic heterocycles. The summed E-state index contributed by atoms with van der Waals surface area (Å²) in [5.74, 6) is 0.126. The lowest BCUT2D eigenvalue weighted by Crippen LogP contribution is -2.34. The van der Waals surface area contributed by atoms with Crippen LogP contribution in [0.15, 0.2) is 12.1 Å². The van der Waals surface area contributed by atoms with Gasteiger partial charge in [0.05, 0.1) is 5.02 Å². The van der Waals surface area contributed by atoms with Crippen molar-refractivity contribution in [3.8, 4) is 0 Å². The number of hydrogen-bond donors (Lipinski definition) is 1. The molecule has 2 heterocycles. The Morgan fingerprint density at radius 1 is 1.40 bits per heavy atom. The first-order valence-electron chi connectivity index (χ1n) is 6.89. The summed E-state index contributed by atoms with van der Waals surface area (Å²) >= 11 is 11.7. The first-order chi connectivity index (χ1) is 9.56. The third-order valence-electron chi connectivity index (χ3n) is 3.41. The van der Waals surface area contributed by atoms with Gasteiger partial charge in [0, 0.05) is 13.1 Å². The molecule has 0 spiro atoms. The summed E-state index contributed by atoms with van der Waals surface area (Å²) in [5.41, 5.74) is 0.188. The predicted molar refractivity (Wildman–Crippen MR) is 81.4 cm³/mol. The first-order valence-corrected chi connectivity index (χ1v) is 7.64. The summed E-state index contributed by atoms with van der Waals surface area (Å²) < 4.78 is 0. The Balaban J connectivity index is 1.83. The Bertz CT molecular complexity index is 475. The van der Waals surface area contributed by atoms with Crippen LogP contribution < -0.4 is 5.32 Å². The second-order valence-electron chi connectivity index (χ2n) is 5.29. The summed E-state index contributed by atoms with van der Waals surface area (Å²) in [5, 5.41) is 3.46. The van der Waals surface area contributed by atoms with Crippen LogP contribution in [0.4, 0.5) is 0 Å². The van der Waals surface area contributed by atoms with E-state index in [1.165, 1.54) is 25.9 Å². The molecule has 1 saturated heterocycles. The zero-order chi connectivity index (χ0) is 14.5. The minimum Gasteiger partial charge on any atom is -0.350 e. The quantitative estimate of drug-likeness (QED) is 0.850. The van der Waals surface area contributed by atoms with Gasteiger partial charge in [-0.2, -0.15) is 0 Å². The van der Waals surface area contributed by atoms with E-state index in [9.17, 15) is 4.79 Å². The van der Waals surface area contributed by atoms with Crippen LogP contribution in [-0.2, 0) is 0 Å². The monoisotopic (exact) mass is 315 g/mol. The number of pyridine rings is 1. The van der Waals surface area contributed by atoms with E-state index in [1.54, 1.807) is 12.1 Å². The van der Waals surface area contributed by atoms with Gasteiger partial charge in [0.25, 0.3) is 5.91 Å². The number of rotatable bonds is 5. The average molecular weight is 316 g/mol. The molecule has 1 N–H and O–H groups in total. The molecule has 1 unspecified atom stereocenters. The third kappa shape index (κ3) is 4.33. The van der Waals surface area contributed by atoms with Crippen LogP contribution in [0.3, 0.4) is 0 Å². The second-order valence-corrected chi connectivity index (χ2v) is 6.08. The maximum Gasteiger partial charge on any atom is 0.271 e. The molecular formula is C14H19Cl2N3O. The molecule has 1 aromatic heterocycles. The SMILES string of the molecule is CC(CNC(=O)c1nc(Cl)ccc1Cl)CN1CCCC1. The van der Waals surface area contributed by atoms with E-state index in [-0.39, 0.29) is 16.8 Å². The van der Waals surface area contributed by atoms with Crippen molar-refractivity contribution in [3.63, 3.8) is 0 Å². The van der Waals surface area contributed by atoms with Crippen molar-refractivity contribution in [2.24, 2.45) is 5.92 Å². The Kier molecular flexibility index (Phi) is 5.64. The van der Waals surface area contributed by atoms with Gasteiger partial charge in [-0.1, -0.05) is 30.1 Å². The third-order valence-corrected chi connectivity index (χ3v) is 3.92.